The van der Waals surface area contributed by atoms with Crippen molar-refractivity contribution in [3.8, 4) is 6.07 Å². The number of aryl methyl sites for hydroxylation is 2. The van der Waals surface area contributed by atoms with Crippen molar-refractivity contribution in [1.82, 2.24) is 23.8 Å². The third kappa shape index (κ3) is 4.57. The molecule has 0 bridgehead atoms. The van der Waals surface area contributed by atoms with Gasteiger partial charge in [-0.15, -0.1) is 0 Å². The Bertz CT molecular complexity index is 1080. The Morgan fingerprint density at radius 3 is 2.54 bits per heavy atom. The summed E-state index contributed by atoms with van der Waals surface area (Å²) in [6.45, 7) is 1.19. The highest BCUT2D eigenvalue weighted by atomic mass is 32.2. The molecule has 0 fully saturated rings. The highest BCUT2D eigenvalue weighted by molar-refractivity contribution is 7.89. The number of rotatable bonds is 8. The average Bonchev–Trinajstić information content (AvgIpc) is 3.30. The summed E-state index contributed by atoms with van der Waals surface area (Å²) >= 11 is 0. The van der Waals surface area contributed by atoms with Gasteiger partial charge in [-0.2, -0.15) is 5.26 Å². The Kier molecular flexibility index (Phi) is 5.77. The zero-order valence-electron chi connectivity index (χ0n) is 15.6. The molecule has 3 aromatic rings. The fourth-order valence-electron chi connectivity index (χ4n) is 2.70. The monoisotopic (exact) mass is 399 g/mol. The molecule has 0 amide bonds. The Balaban J connectivity index is 1.73. The summed E-state index contributed by atoms with van der Waals surface area (Å²) in [6.07, 6.45) is 6.39. The van der Waals surface area contributed by atoms with Gasteiger partial charge in [0, 0.05) is 45.3 Å². The quantitative estimate of drug-likeness (QED) is 0.606. The van der Waals surface area contributed by atoms with E-state index >= 15 is 0 Å². The summed E-state index contributed by atoms with van der Waals surface area (Å²) in [5.74, 6) is 0. The fraction of sp³-hybridized carbons (Fsp3) is 0.278. The first-order valence-electron chi connectivity index (χ1n) is 8.57. The van der Waals surface area contributed by atoms with Gasteiger partial charge in [0.2, 0.25) is 0 Å². The van der Waals surface area contributed by atoms with Crippen molar-refractivity contribution in [2.75, 3.05) is 18.0 Å². The van der Waals surface area contributed by atoms with E-state index in [1.54, 1.807) is 36.3 Å². The second-order valence-corrected chi connectivity index (χ2v) is 8.07. The lowest BCUT2D eigenvalue weighted by atomic mass is 10.2. The summed E-state index contributed by atoms with van der Waals surface area (Å²) in [5, 5.41) is 8.98. The van der Waals surface area contributed by atoms with Crippen LogP contribution >= 0.6 is 0 Å². The SMILES string of the molecule is Cn1cnc(S(=O)(=O)NCCN(Cc2cncn2C)c2ccc(C#N)cc2)c1. The van der Waals surface area contributed by atoms with Crippen molar-refractivity contribution < 1.29 is 8.42 Å². The van der Waals surface area contributed by atoms with Crippen molar-refractivity contribution in [3.63, 3.8) is 0 Å². The van der Waals surface area contributed by atoms with Crippen LogP contribution in [0.1, 0.15) is 11.3 Å². The summed E-state index contributed by atoms with van der Waals surface area (Å²) in [5.41, 5.74) is 2.44. The van der Waals surface area contributed by atoms with Gasteiger partial charge in [-0.3, -0.25) is 0 Å². The molecule has 0 radical (unpaired) electrons. The Morgan fingerprint density at radius 2 is 1.96 bits per heavy atom. The molecular formula is C18H21N7O2S. The molecule has 9 nitrogen and oxygen atoms in total. The standard InChI is InChI=1S/C18H21N7O2S/c1-23-12-18(21-14-23)28(26,27)22-7-8-25(11-17-10-20-13-24(17)2)16-5-3-15(9-19)4-6-16/h3-6,10,12-14,22H,7-8,11H2,1-2H3. The van der Waals surface area contributed by atoms with E-state index in [0.717, 1.165) is 11.4 Å². The normalized spacial score (nSPS) is 11.3. The second kappa shape index (κ2) is 8.24. The van der Waals surface area contributed by atoms with Crippen molar-refractivity contribution in [2.45, 2.75) is 11.6 Å². The van der Waals surface area contributed by atoms with Gasteiger partial charge in [-0.05, 0) is 24.3 Å². The van der Waals surface area contributed by atoms with Gasteiger partial charge >= 0.3 is 0 Å². The highest BCUT2D eigenvalue weighted by Gasteiger charge is 2.17. The number of nitrogens with one attached hydrogen (secondary N) is 1. The first kappa shape index (κ1) is 19.6. The average molecular weight is 399 g/mol. The van der Waals surface area contributed by atoms with E-state index in [0.29, 0.717) is 18.7 Å². The molecule has 0 aliphatic rings. The molecule has 0 spiro atoms. The number of nitriles is 1. The molecule has 0 atom stereocenters. The van der Waals surface area contributed by atoms with E-state index in [-0.39, 0.29) is 11.6 Å². The molecular weight excluding hydrogens is 378 g/mol. The van der Waals surface area contributed by atoms with Gasteiger partial charge in [-0.25, -0.2) is 23.1 Å². The third-order valence-corrected chi connectivity index (χ3v) is 5.61. The number of hydrogen-bond donors (Lipinski definition) is 1. The molecule has 10 heteroatoms. The molecule has 146 valence electrons. The Labute approximate surface area is 163 Å². The maximum absolute atomic E-state index is 12.4. The van der Waals surface area contributed by atoms with E-state index in [4.69, 9.17) is 5.26 Å². The second-order valence-electron chi connectivity index (χ2n) is 6.35. The molecule has 0 saturated heterocycles. The number of aromatic nitrogens is 4. The van der Waals surface area contributed by atoms with Crippen LogP contribution < -0.4 is 9.62 Å². The summed E-state index contributed by atoms with van der Waals surface area (Å²) in [7, 11) is -0.0467. The minimum Gasteiger partial charge on any atom is -0.364 e. The van der Waals surface area contributed by atoms with E-state index in [9.17, 15) is 8.42 Å². The van der Waals surface area contributed by atoms with Gasteiger partial charge < -0.3 is 14.0 Å². The lowest BCUT2D eigenvalue weighted by molar-refractivity contribution is 0.576. The lowest BCUT2D eigenvalue weighted by Crippen LogP contribution is -2.35. The topological polar surface area (TPSA) is 109 Å². The first-order chi connectivity index (χ1) is 13.4. The zero-order valence-corrected chi connectivity index (χ0v) is 16.5. The van der Waals surface area contributed by atoms with E-state index in [2.05, 4.69) is 20.8 Å². The smallest absolute Gasteiger partial charge is 0.259 e. The number of hydrogen-bond acceptors (Lipinski definition) is 6. The van der Waals surface area contributed by atoms with E-state index in [1.165, 1.54) is 12.5 Å². The van der Waals surface area contributed by atoms with Crippen LogP contribution in [0.15, 0.2) is 54.3 Å². The maximum Gasteiger partial charge on any atom is 0.259 e. The molecule has 1 N–H and O–H groups in total. The summed E-state index contributed by atoms with van der Waals surface area (Å²) < 4.78 is 30.8. The molecule has 1 aromatic carbocycles. The number of imidazole rings is 2. The number of anilines is 1. The van der Waals surface area contributed by atoms with Gasteiger partial charge in [0.25, 0.3) is 10.0 Å². The molecule has 0 aliphatic heterocycles. The van der Waals surface area contributed by atoms with Crippen molar-refractivity contribution in [3.05, 3.63) is 60.6 Å². The minimum atomic E-state index is -3.67. The van der Waals surface area contributed by atoms with Crippen LogP contribution in [0.4, 0.5) is 5.69 Å². The van der Waals surface area contributed by atoms with Gasteiger partial charge in [0.1, 0.15) is 0 Å². The molecule has 2 aromatic heterocycles. The van der Waals surface area contributed by atoms with Crippen LogP contribution in [-0.4, -0.2) is 40.6 Å². The van der Waals surface area contributed by atoms with E-state index < -0.39 is 10.0 Å². The van der Waals surface area contributed by atoms with Crippen LogP contribution in [0.5, 0.6) is 0 Å². The predicted molar refractivity (Wildman–Crippen MR) is 104 cm³/mol. The lowest BCUT2D eigenvalue weighted by Gasteiger charge is -2.25. The van der Waals surface area contributed by atoms with Crippen LogP contribution in [0.2, 0.25) is 0 Å². The molecule has 0 unspecified atom stereocenters. The summed E-state index contributed by atoms with van der Waals surface area (Å²) in [4.78, 5) is 10.0. The van der Waals surface area contributed by atoms with Crippen LogP contribution in [0, 0.1) is 11.3 Å². The fourth-order valence-corrected chi connectivity index (χ4v) is 3.69. The summed E-state index contributed by atoms with van der Waals surface area (Å²) in [6, 6.07) is 9.28. The van der Waals surface area contributed by atoms with Crippen molar-refractivity contribution in [2.24, 2.45) is 14.1 Å². The van der Waals surface area contributed by atoms with Crippen LogP contribution in [0.25, 0.3) is 0 Å². The molecule has 28 heavy (non-hydrogen) atoms. The number of sulfonamides is 1. The Morgan fingerprint density at radius 1 is 1.21 bits per heavy atom. The van der Waals surface area contributed by atoms with Gasteiger partial charge in [0.05, 0.1) is 36.5 Å². The van der Waals surface area contributed by atoms with Crippen molar-refractivity contribution in [1.29, 1.82) is 5.26 Å². The van der Waals surface area contributed by atoms with Crippen molar-refractivity contribution >= 4 is 15.7 Å². The van der Waals surface area contributed by atoms with Gasteiger partial charge in [-0.1, -0.05) is 0 Å². The molecule has 0 saturated carbocycles. The number of benzene rings is 1. The van der Waals surface area contributed by atoms with Gasteiger partial charge in [0.15, 0.2) is 5.03 Å². The molecule has 2 heterocycles. The maximum atomic E-state index is 12.4. The first-order valence-corrected chi connectivity index (χ1v) is 10.1. The minimum absolute atomic E-state index is 0.00782. The Hall–Kier alpha value is -3.16. The number of nitrogens with zero attached hydrogens (tertiary/aromatic N) is 6. The zero-order chi connectivity index (χ0) is 20.1. The van der Waals surface area contributed by atoms with Crippen LogP contribution in [0.3, 0.4) is 0 Å². The molecule has 0 aliphatic carbocycles. The largest absolute Gasteiger partial charge is 0.364 e. The predicted octanol–water partition coefficient (Wildman–Crippen LogP) is 1.01. The van der Waals surface area contributed by atoms with Crippen LogP contribution in [-0.2, 0) is 30.7 Å². The highest BCUT2D eigenvalue weighted by Crippen LogP contribution is 2.18. The molecule has 3 rings (SSSR count). The van der Waals surface area contributed by atoms with E-state index in [1.807, 2.05) is 28.6 Å². The third-order valence-electron chi connectivity index (χ3n) is 4.26.